The van der Waals surface area contributed by atoms with Crippen molar-refractivity contribution in [2.75, 3.05) is 20.8 Å². The van der Waals surface area contributed by atoms with E-state index >= 15 is 0 Å². The summed E-state index contributed by atoms with van der Waals surface area (Å²) in [6.45, 7) is 0.472. The van der Waals surface area contributed by atoms with E-state index in [-0.39, 0.29) is 10.8 Å². The van der Waals surface area contributed by atoms with Gasteiger partial charge in [0.2, 0.25) is 15.9 Å². The lowest BCUT2D eigenvalue weighted by atomic mass is 10.1. The highest BCUT2D eigenvalue weighted by Crippen LogP contribution is 2.27. The highest BCUT2D eigenvalue weighted by Gasteiger charge is 2.08. The van der Waals surface area contributed by atoms with Gasteiger partial charge in [0.15, 0.2) is 11.5 Å². The number of benzene rings is 2. The van der Waals surface area contributed by atoms with Crippen molar-refractivity contribution >= 4 is 15.9 Å². The number of ether oxygens (including phenoxy) is 2. The minimum atomic E-state index is -3.68. The molecule has 3 N–H and O–H groups in total. The Morgan fingerprint density at radius 3 is 2.19 bits per heavy atom. The van der Waals surface area contributed by atoms with Gasteiger partial charge in [0.1, 0.15) is 0 Å². The molecule has 0 unspecified atom stereocenters. The van der Waals surface area contributed by atoms with Crippen LogP contribution in [0.25, 0.3) is 0 Å². The second-order valence-corrected chi connectivity index (χ2v) is 7.54. The fourth-order valence-corrected chi connectivity index (χ4v) is 3.09. The lowest BCUT2D eigenvalue weighted by Crippen LogP contribution is -2.25. The van der Waals surface area contributed by atoms with Crippen LogP contribution in [0.1, 0.15) is 17.5 Å². The topological polar surface area (TPSA) is 108 Å². The summed E-state index contributed by atoms with van der Waals surface area (Å²) in [6, 6.07) is 11.9. The van der Waals surface area contributed by atoms with Crippen molar-refractivity contribution in [3.63, 3.8) is 0 Å². The van der Waals surface area contributed by atoms with Crippen molar-refractivity contribution in [2.24, 2.45) is 5.14 Å². The summed E-state index contributed by atoms with van der Waals surface area (Å²) in [5.74, 6) is 1.24. The lowest BCUT2D eigenvalue weighted by Gasteiger charge is -2.10. The first-order chi connectivity index (χ1) is 12.8. The average molecular weight is 392 g/mol. The first-order valence-electron chi connectivity index (χ1n) is 8.43. The molecule has 2 aromatic rings. The molecule has 0 aliphatic carbocycles. The van der Waals surface area contributed by atoms with Gasteiger partial charge in [-0.15, -0.1) is 0 Å². The molecule has 0 aliphatic heterocycles. The summed E-state index contributed by atoms with van der Waals surface area (Å²) in [4.78, 5) is 12.1. The summed E-state index contributed by atoms with van der Waals surface area (Å²) >= 11 is 0. The molecule has 8 heteroatoms. The second-order valence-electron chi connectivity index (χ2n) is 5.98. The van der Waals surface area contributed by atoms with Crippen LogP contribution in [0.2, 0.25) is 0 Å². The molecule has 0 bridgehead atoms. The predicted octanol–water partition coefficient (Wildman–Crippen LogP) is 1.64. The maximum Gasteiger partial charge on any atom is 0.238 e. The Bertz CT molecular complexity index is 879. The highest BCUT2D eigenvalue weighted by atomic mass is 32.2. The maximum atomic E-state index is 12.0. The van der Waals surface area contributed by atoms with Crippen LogP contribution in [-0.2, 0) is 27.7 Å². The fourth-order valence-electron chi connectivity index (χ4n) is 2.57. The molecule has 0 spiro atoms. The second kappa shape index (κ2) is 9.38. The Kier molecular flexibility index (Phi) is 7.20. The monoisotopic (exact) mass is 392 g/mol. The Hall–Kier alpha value is -2.58. The van der Waals surface area contributed by atoms with Crippen molar-refractivity contribution in [3.05, 3.63) is 53.6 Å². The number of carbonyl (C=O) groups is 1. The zero-order chi connectivity index (χ0) is 19.9. The SMILES string of the molecule is COc1ccc(CCC(=O)NCCc2ccc(S(N)(=O)=O)cc2)cc1OC. The zero-order valence-electron chi connectivity index (χ0n) is 15.4. The molecule has 2 rings (SSSR count). The van der Waals surface area contributed by atoms with Crippen LogP contribution in [-0.4, -0.2) is 35.1 Å². The number of hydrogen-bond donors (Lipinski definition) is 2. The van der Waals surface area contributed by atoms with Gasteiger partial charge in [0.25, 0.3) is 0 Å². The Labute approximate surface area is 159 Å². The van der Waals surface area contributed by atoms with E-state index < -0.39 is 10.0 Å². The van der Waals surface area contributed by atoms with E-state index in [0.29, 0.717) is 37.3 Å². The molecule has 0 saturated carbocycles. The van der Waals surface area contributed by atoms with Crippen molar-refractivity contribution in [2.45, 2.75) is 24.2 Å². The van der Waals surface area contributed by atoms with Crippen molar-refractivity contribution in [3.8, 4) is 11.5 Å². The Morgan fingerprint density at radius 1 is 0.963 bits per heavy atom. The van der Waals surface area contributed by atoms with Crippen LogP contribution in [0, 0.1) is 0 Å². The number of aryl methyl sites for hydroxylation is 1. The summed E-state index contributed by atoms with van der Waals surface area (Å²) < 4.78 is 32.9. The van der Waals surface area contributed by atoms with E-state index in [2.05, 4.69) is 5.32 Å². The molecule has 0 saturated heterocycles. The number of rotatable bonds is 9. The zero-order valence-corrected chi connectivity index (χ0v) is 16.2. The molecular weight excluding hydrogens is 368 g/mol. The maximum absolute atomic E-state index is 12.0. The quantitative estimate of drug-likeness (QED) is 0.675. The number of primary sulfonamides is 1. The average Bonchev–Trinajstić information content (AvgIpc) is 2.65. The predicted molar refractivity (Wildman–Crippen MR) is 102 cm³/mol. The summed E-state index contributed by atoms with van der Waals surface area (Å²) in [6.07, 6.45) is 1.56. The number of methoxy groups -OCH3 is 2. The normalized spacial score (nSPS) is 11.1. The molecule has 0 heterocycles. The van der Waals surface area contributed by atoms with Crippen molar-refractivity contribution < 1.29 is 22.7 Å². The number of nitrogens with one attached hydrogen (secondary N) is 1. The molecule has 0 aromatic heterocycles. The van der Waals surface area contributed by atoms with E-state index in [1.807, 2.05) is 18.2 Å². The molecule has 0 radical (unpaired) electrons. The van der Waals surface area contributed by atoms with Crippen LogP contribution in [0.15, 0.2) is 47.4 Å². The fraction of sp³-hybridized carbons (Fsp3) is 0.316. The summed E-state index contributed by atoms with van der Waals surface area (Å²) in [5.41, 5.74) is 1.91. The van der Waals surface area contributed by atoms with Crippen LogP contribution in [0.5, 0.6) is 11.5 Å². The molecule has 2 aromatic carbocycles. The van der Waals surface area contributed by atoms with Gasteiger partial charge >= 0.3 is 0 Å². The summed E-state index contributed by atoms with van der Waals surface area (Å²) in [5, 5.41) is 7.92. The standard InChI is InChI=1S/C19H24N2O5S/c1-25-17-9-5-15(13-18(17)26-2)6-10-19(22)21-12-11-14-3-7-16(8-4-14)27(20,23)24/h3-5,7-9,13H,6,10-12H2,1-2H3,(H,21,22)(H2,20,23,24). The van der Waals surface area contributed by atoms with Gasteiger partial charge < -0.3 is 14.8 Å². The van der Waals surface area contributed by atoms with Gasteiger partial charge in [0, 0.05) is 13.0 Å². The van der Waals surface area contributed by atoms with Gasteiger partial charge in [-0.05, 0) is 48.2 Å². The van der Waals surface area contributed by atoms with Crippen LogP contribution in [0.3, 0.4) is 0 Å². The van der Waals surface area contributed by atoms with Crippen LogP contribution in [0.4, 0.5) is 0 Å². The summed E-state index contributed by atoms with van der Waals surface area (Å²) in [7, 11) is -0.533. The van der Waals surface area contributed by atoms with Gasteiger partial charge in [-0.1, -0.05) is 18.2 Å². The molecule has 0 aliphatic rings. The smallest absolute Gasteiger partial charge is 0.238 e. The number of carbonyl (C=O) groups excluding carboxylic acids is 1. The minimum absolute atomic E-state index is 0.0501. The van der Waals surface area contributed by atoms with Crippen molar-refractivity contribution in [1.82, 2.24) is 5.32 Å². The van der Waals surface area contributed by atoms with E-state index in [1.165, 1.54) is 12.1 Å². The largest absolute Gasteiger partial charge is 0.493 e. The Balaban J connectivity index is 1.78. The van der Waals surface area contributed by atoms with E-state index in [1.54, 1.807) is 26.4 Å². The molecule has 27 heavy (non-hydrogen) atoms. The van der Waals surface area contributed by atoms with E-state index in [9.17, 15) is 13.2 Å². The highest BCUT2D eigenvalue weighted by molar-refractivity contribution is 7.89. The number of sulfonamides is 1. The first-order valence-corrected chi connectivity index (χ1v) is 9.97. The third-order valence-electron chi connectivity index (χ3n) is 4.08. The number of hydrogen-bond acceptors (Lipinski definition) is 5. The van der Waals surface area contributed by atoms with Crippen LogP contribution >= 0.6 is 0 Å². The van der Waals surface area contributed by atoms with Crippen molar-refractivity contribution in [1.29, 1.82) is 0 Å². The van der Waals surface area contributed by atoms with E-state index in [0.717, 1.165) is 11.1 Å². The molecule has 7 nitrogen and oxygen atoms in total. The van der Waals surface area contributed by atoms with Crippen LogP contribution < -0.4 is 19.9 Å². The van der Waals surface area contributed by atoms with Gasteiger partial charge in [-0.25, -0.2) is 13.6 Å². The first kappa shape index (κ1) is 20.7. The molecule has 0 atom stereocenters. The number of amides is 1. The molecule has 0 fully saturated rings. The third kappa shape index (κ3) is 6.26. The lowest BCUT2D eigenvalue weighted by molar-refractivity contribution is -0.121. The minimum Gasteiger partial charge on any atom is -0.493 e. The molecule has 146 valence electrons. The number of nitrogens with two attached hydrogens (primary N) is 1. The van der Waals surface area contributed by atoms with Gasteiger partial charge in [0.05, 0.1) is 19.1 Å². The molecule has 1 amide bonds. The third-order valence-corrected chi connectivity index (χ3v) is 5.01. The van der Waals surface area contributed by atoms with Gasteiger partial charge in [-0.3, -0.25) is 4.79 Å². The Morgan fingerprint density at radius 2 is 1.59 bits per heavy atom. The van der Waals surface area contributed by atoms with E-state index in [4.69, 9.17) is 14.6 Å². The molecular formula is C19H24N2O5S. The van der Waals surface area contributed by atoms with Gasteiger partial charge in [-0.2, -0.15) is 0 Å².